The monoisotopic (exact) mass is 278 g/mol. The highest BCUT2D eigenvalue weighted by Gasteiger charge is 2.24. The van der Waals surface area contributed by atoms with Crippen LogP contribution in [0.2, 0.25) is 0 Å². The highest BCUT2D eigenvalue weighted by Crippen LogP contribution is 2.22. The molecular weight excluding hydrogens is 259 g/mol. The van der Waals surface area contributed by atoms with Gasteiger partial charge in [-0.2, -0.15) is 4.39 Å². The van der Waals surface area contributed by atoms with Gasteiger partial charge in [-0.15, -0.1) is 0 Å². The molecule has 20 heavy (non-hydrogen) atoms. The van der Waals surface area contributed by atoms with E-state index in [-0.39, 0.29) is 6.09 Å². The zero-order chi connectivity index (χ0) is 14.8. The maximum atomic E-state index is 13.1. The Hall–Kier alpha value is -1.91. The van der Waals surface area contributed by atoms with Crippen molar-refractivity contribution in [2.24, 2.45) is 0 Å². The van der Waals surface area contributed by atoms with E-state index < -0.39 is 11.5 Å². The molecule has 1 amide bonds. The zero-order valence-corrected chi connectivity index (χ0v) is 12.0. The van der Waals surface area contributed by atoms with E-state index in [1.165, 1.54) is 6.07 Å². The molecule has 0 atom stereocenters. The molecule has 2 heterocycles. The summed E-state index contributed by atoms with van der Waals surface area (Å²) in [5.74, 6) is -0.488. The lowest BCUT2D eigenvalue weighted by Crippen LogP contribution is -2.39. The van der Waals surface area contributed by atoms with Crippen molar-refractivity contribution in [1.29, 1.82) is 0 Å². The molecule has 0 saturated carbocycles. The van der Waals surface area contributed by atoms with Gasteiger partial charge in [-0.05, 0) is 44.9 Å². The van der Waals surface area contributed by atoms with Crippen molar-refractivity contribution >= 4 is 11.7 Å². The van der Waals surface area contributed by atoms with Crippen molar-refractivity contribution in [1.82, 2.24) is 9.88 Å². The number of carbonyl (C=O) groups is 1. The van der Waals surface area contributed by atoms with Crippen LogP contribution >= 0.6 is 0 Å². The van der Waals surface area contributed by atoms with Crippen LogP contribution in [0, 0.1) is 5.95 Å². The van der Waals surface area contributed by atoms with Crippen molar-refractivity contribution in [2.75, 3.05) is 13.1 Å². The first-order valence-corrected chi connectivity index (χ1v) is 6.65. The van der Waals surface area contributed by atoms with E-state index in [0.717, 1.165) is 5.57 Å². The zero-order valence-electron chi connectivity index (χ0n) is 12.0. The molecule has 1 aromatic rings. The van der Waals surface area contributed by atoms with Crippen LogP contribution in [-0.2, 0) is 4.74 Å². The third-order valence-electron chi connectivity index (χ3n) is 2.90. The second-order valence-corrected chi connectivity index (χ2v) is 5.75. The number of aromatic nitrogens is 1. The minimum Gasteiger partial charge on any atom is -0.444 e. The van der Waals surface area contributed by atoms with Crippen molar-refractivity contribution < 1.29 is 13.9 Å². The molecule has 4 nitrogen and oxygen atoms in total. The van der Waals surface area contributed by atoms with Crippen molar-refractivity contribution in [2.45, 2.75) is 32.8 Å². The third kappa shape index (κ3) is 3.79. The number of amides is 1. The average molecular weight is 278 g/mol. The second-order valence-electron chi connectivity index (χ2n) is 5.75. The van der Waals surface area contributed by atoms with Gasteiger partial charge in [-0.1, -0.05) is 12.1 Å². The Morgan fingerprint density at radius 1 is 1.40 bits per heavy atom. The summed E-state index contributed by atoms with van der Waals surface area (Å²) >= 11 is 0. The van der Waals surface area contributed by atoms with Crippen LogP contribution in [0.25, 0.3) is 5.57 Å². The summed E-state index contributed by atoms with van der Waals surface area (Å²) in [6, 6.07) is 4.73. The molecule has 2 rings (SSSR count). The molecule has 5 heteroatoms. The summed E-state index contributed by atoms with van der Waals surface area (Å²) in [5.41, 5.74) is 1.10. The molecule has 1 aliphatic heterocycles. The van der Waals surface area contributed by atoms with Gasteiger partial charge < -0.3 is 9.64 Å². The minimum absolute atomic E-state index is 0.319. The summed E-state index contributed by atoms with van der Waals surface area (Å²) in [5, 5.41) is 0. The highest BCUT2D eigenvalue weighted by atomic mass is 19.1. The van der Waals surface area contributed by atoms with E-state index in [1.807, 2.05) is 26.8 Å². The van der Waals surface area contributed by atoms with Crippen LogP contribution in [0.1, 0.15) is 32.9 Å². The van der Waals surface area contributed by atoms with E-state index in [1.54, 1.807) is 17.0 Å². The Kier molecular flexibility index (Phi) is 4.06. The highest BCUT2D eigenvalue weighted by molar-refractivity contribution is 5.71. The molecule has 1 aromatic heterocycles. The molecule has 0 saturated heterocycles. The summed E-state index contributed by atoms with van der Waals surface area (Å²) in [7, 11) is 0. The van der Waals surface area contributed by atoms with Gasteiger partial charge >= 0.3 is 6.09 Å². The maximum absolute atomic E-state index is 13.1. The first-order chi connectivity index (χ1) is 9.35. The fourth-order valence-electron chi connectivity index (χ4n) is 1.98. The number of carbonyl (C=O) groups excluding carboxylic acids is 1. The SMILES string of the molecule is CC(C)(C)OC(=O)N1CC=C(c2cccc(F)n2)CC1. The van der Waals surface area contributed by atoms with E-state index in [0.29, 0.717) is 25.2 Å². The minimum atomic E-state index is -0.495. The van der Waals surface area contributed by atoms with E-state index in [4.69, 9.17) is 4.74 Å². The number of nitrogens with zero attached hydrogens (tertiary/aromatic N) is 2. The van der Waals surface area contributed by atoms with Gasteiger partial charge in [0.1, 0.15) is 5.60 Å². The number of hydrogen-bond donors (Lipinski definition) is 0. The number of ether oxygens (including phenoxy) is 1. The van der Waals surface area contributed by atoms with Crippen LogP contribution in [0.5, 0.6) is 0 Å². The number of halogens is 1. The van der Waals surface area contributed by atoms with E-state index >= 15 is 0 Å². The van der Waals surface area contributed by atoms with Gasteiger partial charge in [0.25, 0.3) is 0 Å². The smallest absolute Gasteiger partial charge is 0.410 e. The quantitative estimate of drug-likeness (QED) is 0.741. The van der Waals surface area contributed by atoms with Crippen LogP contribution in [0.3, 0.4) is 0 Å². The van der Waals surface area contributed by atoms with E-state index in [9.17, 15) is 9.18 Å². The lowest BCUT2D eigenvalue weighted by molar-refractivity contribution is 0.0270. The van der Waals surface area contributed by atoms with E-state index in [2.05, 4.69) is 4.98 Å². The van der Waals surface area contributed by atoms with Gasteiger partial charge in [0.15, 0.2) is 0 Å². The third-order valence-corrected chi connectivity index (χ3v) is 2.90. The summed E-state index contributed by atoms with van der Waals surface area (Å²) < 4.78 is 18.4. The molecule has 0 aliphatic carbocycles. The summed E-state index contributed by atoms with van der Waals surface area (Å²) in [4.78, 5) is 17.4. The van der Waals surface area contributed by atoms with Crippen LogP contribution < -0.4 is 0 Å². The predicted molar refractivity (Wildman–Crippen MR) is 74.6 cm³/mol. The normalized spacial score (nSPS) is 15.8. The molecule has 0 bridgehead atoms. The fraction of sp³-hybridized carbons (Fsp3) is 0.467. The maximum Gasteiger partial charge on any atom is 0.410 e. The molecular formula is C15H19FN2O2. The molecule has 0 aromatic carbocycles. The molecule has 0 N–H and O–H groups in total. The Morgan fingerprint density at radius 2 is 2.15 bits per heavy atom. The van der Waals surface area contributed by atoms with Gasteiger partial charge in [0, 0.05) is 13.1 Å². The Labute approximate surface area is 118 Å². The van der Waals surface area contributed by atoms with Crippen LogP contribution in [-0.4, -0.2) is 34.7 Å². The first-order valence-electron chi connectivity index (χ1n) is 6.65. The van der Waals surface area contributed by atoms with Gasteiger partial charge in [0.05, 0.1) is 5.69 Å². The molecule has 0 unspecified atom stereocenters. The lowest BCUT2D eigenvalue weighted by Gasteiger charge is -2.29. The van der Waals surface area contributed by atoms with Gasteiger partial charge in [0.2, 0.25) is 5.95 Å². The van der Waals surface area contributed by atoms with Crippen LogP contribution in [0.4, 0.5) is 9.18 Å². The molecule has 1 aliphatic rings. The molecule has 0 fully saturated rings. The van der Waals surface area contributed by atoms with Crippen molar-refractivity contribution in [3.63, 3.8) is 0 Å². The predicted octanol–water partition coefficient (Wildman–Crippen LogP) is 3.24. The van der Waals surface area contributed by atoms with Crippen molar-refractivity contribution in [3.05, 3.63) is 35.9 Å². The molecule has 108 valence electrons. The largest absolute Gasteiger partial charge is 0.444 e. The van der Waals surface area contributed by atoms with Gasteiger partial charge in [-0.25, -0.2) is 9.78 Å². The topological polar surface area (TPSA) is 42.4 Å². The van der Waals surface area contributed by atoms with Gasteiger partial charge in [-0.3, -0.25) is 0 Å². The molecule has 0 spiro atoms. The first kappa shape index (κ1) is 14.5. The number of rotatable bonds is 1. The Bertz CT molecular complexity index is 535. The standard InChI is InChI=1S/C15H19FN2O2/c1-15(2,3)20-14(19)18-9-7-11(8-10-18)12-5-4-6-13(16)17-12/h4-7H,8-10H2,1-3H3. The lowest BCUT2D eigenvalue weighted by atomic mass is 10.0. The fourth-order valence-corrected chi connectivity index (χ4v) is 1.98. The van der Waals surface area contributed by atoms with Crippen molar-refractivity contribution in [3.8, 4) is 0 Å². The average Bonchev–Trinajstić information content (AvgIpc) is 2.37. The number of pyridine rings is 1. The summed E-state index contributed by atoms with van der Waals surface area (Å²) in [6.07, 6.45) is 2.23. The number of hydrogen-bond acceptors (Lipinski definition) is 3. The Morgan fingerprint density at radius 3 is 2.70 bits per heavy atom. The molecule has 0 radical (unpaired) electrons. The Balaban J connectivity index is 2.02. The van der Waals surface area contributed by atoms with Crippen LogP contribution in [0.15, 0.2) is 24.3 Å². The summed E-state index contributed by atoms with van der Waals surface area (Å²) in [6.45, 7) is 6.54. The second kappa shape index (κ2) is 5.61.